The van der Waals surface area contributed by atoms with Crippen LogP contribution in [0, 0.1) is 0 Å². The third kappa shape index (κ3) is 3.57. The van der Waals surface area contributed by atoms with Crippen LogP contribution < -0.4 is 4.74 Å². The molecule has 1 heterocycles. The molecule has 0 bridgehead atoms. The highest BCUT2D eigenvalue weighted by atomic mass is 79.9. The van der Waals surface area contributed by atoms with Crippen molar-refractivity contribution < 1.29 is 9.84 Å². The van der Waals surface area contributed by atoms with Crippen LogP contribution in [0.2, 0.25) is 0 Å². The molecule has 0 saturated carbocycles. The molecule has 18 heavy (non-hydrogen) atoms. The van der Waals surface area contributed by atoms with Gasteiger partial charge in [-0.2, -0.15) is 0 Å². The Morgan fingerprint density at radius 1 is 1.33 bits per heavy atom. The first-order chi connectivity index (χ1) is 8.69. The highest BCUT2D eigenvalue weighted by Crippen LogP contribution is 2.28. The van der Waals surface area contributed by atoms with E-state index in [0.717, 1.165) is 20.0 Å². The van der Waals surface area contributed by atoms with Crippen molar-refractivity contribution in [3.63, 3.8) is 0 Å². The molecule has 0 aliphatic rings. The normalized spacial score (nSPS) is 12.4. The van der Waals surface area contributed by atoms with Gasteiger partial charge in [0.25, 0.3) is 0 Å². The number of thiophene rings is 1. The number of ether oxygens (including phenoxy) is 1. The van der Waals surface area contributed by atoms with Gasteiger partial charge in [0.15, 0.2) is 0 Å². The minimum absolute atomic E-state index is 0.490. The van der Waals surface area contributed by atoms with Gasteiger partial charge in [-0.15, -0.1) is 11.3 Å². The minimum atomic E-state index is -0.490. The molecule has 0 aliphatic heterocycles. The summed E-state index contributed by atoms with van der Waals surface area (Å²) < 4.78 is 6.53. The SMILES string of the molecule is CCOc1cccc(C(O)Cc2ccc(Br)s2)c1. The van der Waals surface area contributed by atoms with Crippen LogP contribution in [0.15, 0.2) is 40.2 Å². The number of hydrogen-bond donors (Lipinski definition) is 1. The number of halogens is 1. The Kier molecular flexibility index (Phi) is 4.80. The highest BCUT2D eigenvalue weighted by Gasteiger charge is 2.10. The molecular formula is C14H15BrO2S. The summed E-state index contributed by atoms with van der Waals surface area (Å²) in [7, 11) is 0. The molecule has 0 amide bonds. The molecule has 96 valence electrons. The van der Waals surface area contributed by atoms with Gasteiger partial charge in [0.1, 0.15) is 5.75 Å². The molecule has 2 rings (SSSR count). The fourth-order valence-electron chi connectivity index (χ4n) is 1.75. The summed E-state index contributed by atoms with van der Waals surface area (Å²) >= 11 is 5.08. The predicted octanol–water partition coefficient (Wildman–Crippen LogP) is 4.19. The van der Waals surface area contributed by atoms with Crippen LogP contribution in [0.25, 0.3) is 0 Å². The van der Waals surface area contributed by atoms with E-state index in [1.165, 1.54) is 0 Å². The molecule has 2 aromatic rings. The molecule has 1 aromatic heterocycles. The first-order valence-corrected chi connectivity index (χ1v) is 7.45. The van der Waals surface area contributed by atoms with Gasteiger partial charge in [-0.1, -0.05) is 12.1 Å². The molecule has 1 aromatic carbocycles. The van der Waals surface area contributed by atoms with Crippen LogP contribution >= 0.6 is 27.3 Å². The van der Waals surface area contributed by atoms with E-state index in [-0.39, 0.29) is 0 Å². The lowest BCUT2D eigenvalue weighted by molar-refractivity contribution is 0.179. The summed E-state index contributed by atoms with van der Waals surface area (Å²) in [4.78, 5) is 1.16. The molecule has 4 heteroatoms. The predicted molar refractivity (Wildman–Crippen MR) is 78.3 cm³/mol. The van der Waals surface area contributed by atoms with Gasteiger partial charge in [-0.3, -0.25) is 0 Å². The zero-order chi connectivity index (χ0) is 13.0. The summed E-state index contributed by atoms with van der Waals surface area (Å²) in [5.74, 6) is 0.807. The molecule has 1 N–H and O–H groups in total. The maximum absolute atomic E-state index is 10.2. The standard InChI is InChI=1S/C14H15BrO2S/c1-2-17-11-5-3-4-10(8-11)13(16)9-12-6-7-14(15)18-12/h3-8,13,16H,2,9H2,1H3. The van der Waals surface area contributed by atoms with Crippen LogP contribution in [-0.2, 0) is 6.42 Å². The Balaban J connectivity index is 2.08. The van der Waals surface area contributed by atoms with E-state index in [1.54, 1.807) is 11.3 Å². The molecular weight excluding hydrogens is 312 g/mol. The van der Waals surface area contributed by atoms with E-state index >= 15 is 0 Å². The maximum atomic E-state index is 10.2. The zero-order valence-corrected chi connectivity index (χ0v) is 12.5. The van der Waals surface area contributed by atoms with Gasteiger partial charge in [-0.25, -0.2) is 0 Å². The Morgan fingerprint density at radius 3 is 2.83 bits per heavy atom. The second-order valence-electron chi connectivity index (χ2n) is 3.93. The third-order valence-electron chi connectivity index (χ3n) is 2.58. The number of aliphatic hydroxyl groups excluding tert-OH is 1. The summed E-state index contributed by atoms with van der Waals surface area (Å²) in [6.45, 7) is 2.59. The van der Waals surface area contributed by atoms with Crippen LogP contribution in [-0.4, -0.2) is 11.7 Å². The van der Waals surface area contributed by atoms with Crippen molar-refractivity contribution in [2.24, 2.45) is 0 Å². The average Bonchev–Trinajstić information content (AvgIpc) is 2.75. The van der Waals surface area contributed by atoms with Crippen LogP contribution in [0.1, 0.15) is 23.5 Å². The van der Waals surface area contributed by atoms with Crippen molar-refractivity contribution in [2.45, 2.75) is 19.4 Å². The first kappa shape index (κ1) is 13.6. The summed E-state index contributed by atoms with van der Waals surface area (Å²) in [5, 5.41) is 10.2. The van der Waals surface area contributed by atoms with E-state index in [4.69, 9.17) is 4.74 Å². The molecule has 0 radical (unpaired) electrons. The van der Waals surface area contributed by atoms with Gasteiger partial charge >= 0.3 is 0 Å². The van der Waals surface area contributed by atoms with Crippen molar-refractivity contribution in [1.29, 1.82) is 0 Å². The van der Waals surface area contributed by atoms with Crippen molar-refractivity contribution in [1.82, 2.24) is 0 Å². The van der Waals surface area contributed by atoms with Gasteiger partial charge in [0, 0.05) is 11.3 Å². The lowest BCUT2D eigenvalue weighted by Crippen LogP contribution is -2.01. The number of aliphatic hydroxyl groups is 1. The van der Waals surface area contributed by atoms with E-state index in [2.05, 4.69) is 15.9 Å². The second kappa shape index (κ2) is 6.36. The summed E-state index contributed by atoms with van der Waals surface area (Å²) in [6.07, 6.45) is 0.141. The van der Waals surface area contributed by atoms with Crippen molar-refractivity contribution in [2.75, 3.05) is 6.61 Å². The maximum Gasteiger partial charge on any atom is 0.119 e. The monoisotopic (exact) mass is 326 g/mol. The molecule has 0 spiro atoms. The zero-order valence-electron chi connectivity index (χ0n) is 10.1. The molecule has 1 atom stereocenters. The van der Waals surface area contributed by atoms with Gasteiger partial charge in [0.2, 0.25) is 0 Å². The van der Waals surface area contributed by atoms with Gasteiger partial charge in [0.05, 0.1) is 16.5 Å². The lowest BCUT2D eigenvalue weighted by atomic mass is 10.1. The lowest BCUT2D eigenvalue weighted by Gasteiger charge is -2.11. The fourth-order valence-corrected chi connectivity index (χ4v) is 3.27. The van der Waals surface area contributed by atoms with Gasteiger partial charge < -0.3 is 9.84 Å². The van der Waals surface area contributed by atoms with E-state index in [9.17, 15) is 5.11 Å². The Bertz CT molecular complexity index is 510. The highest BCUT2D eigenvalue weighted by molar-refractivity contribution is 9.11. The van der Waals surface area contributed by atoms with Crippen LogP contribution in [0.3, 0.4) is 0 Å². The second-order valence-corrected chi connectivity index (χ2v) is 6.48. The molecule has 2 nitrogen and oxygen atoms in total. The van der Waals surface area contributed by atoms with E-state index < -0.39 is 6.10 Å². The largest absolute Gasteiger partial charge is 0.494 e. The molecule has 0 fully saturated rings. The van der Waals surface area contributed by atoms with E-state index in [0.29, 0.717) is 13.0 Å². The van der Waals surface area contributed by atoms with Crippen LogP contribution in [0.5, 0.6) is 5.75 Å². The molecule has 0 aliphatic carbocycles. The first-order valence-electron chi connectivity index (χ1n) is 5.84. The third-order valence-corrected chi connectivity index (χ3v) is 4.22. The number of hydrogen-bond acceptors (Lipinski definition) is 3. The Morgan fingerprint density at radius 2 is 2.17 bits per heavy atom. The minimum Gasteiger partial charge on any atom is -0.494 e. The number of rotatable bonds is 5. The van der Waals surface area contributed by atoms with Crippen molar-refractivity contribution in [3.05, 3.63) is 50.6 Å². The van der Waals surface area contributed by atoms with Gasteiger partial charge in [-0.05, 0) is 52.7 Å². The molecule has 1 unspecified atom stereocenters. The fraction of sp³-hybridized carbons (Fsp3) is 0.286. The quantitative estimate of drug-likeness (QED) is 0.892. The molecule has 0 saturated heterocycles. The smallest absolute Gasteiger partial charge is 0.119 e. The Labute approximate surface area is 119 Å². The van der Waals surface area contributed by atoms with Crippen molar-refractivity contribution in [3.8, 4) is 5.75 Å². The van der Waals surface area contributed by atoms with Crippen LogP contribution in [0.4, 0.5) is 0 Å². The topological polar surface area (TPSA) is 29.5 Å². The van der Waals surface area contributed by atoms with E-state index in [1.807, 2.05) is 43.3 Å². The Hall–Kier alpha value is -0.840. The summed E-state index contributed by atoms with van der Waals surface area (Å²) in [6, 6.07) is 11.7. The average molecular weight is 327 g/mol. The van der Waals surface area contributed by atoms with Crippen molar-refractivity contribution >= 4 is 27.3 Å². The summed E-state index contributed by atoms with van der Waals surface area (Å²) in [5.41, 5.74) is 0.894. The number of benzene rings is 1.